The van der Waals surface area contributed by atoms with Crippen LogP contribution in [0.3, 0.4) is 0 Å². The average molecular weight is 210 g/mol. The van der Waals surface area contributed by atoms with Crippen molar-refractivity contribution in [3.05, 3.63) is 35.6 Å². The largest absolute Gasteiger partial charge is 0.348 e. The van der Waals surface area contributed by atoms with Crippen LogP contribution in [0.4, 0.5) is 4.39 Å². The zero-order valence-corrected chi connectivity index (χ0v) is 8.88. The Labute approximate surface area is 88.7 Å². The van der Waals surface area contributed by atoms with Gasteiger partial charge in [0.25, 0.3) is 0 Å². The highest BCUT2D eigenvalue weighted by Crippen LogP contribution is 2.12. The summed E-state index contributed by atoms with van der Waals surface area (Å²) in [5.74, 6) is -0.346. The van der Waals surface area contributed by atoms with Gasteiger partial charge in [-0.25, -0.2) is 4.39 Å². The van der Waals surface area contributed by atoms with Gasteiger partial charge in [-0.05, 0) is 31.7 Å². The molecular formula is C11H15FN2O. The summed E-state index contributed by atoms with van der Waals surface area (Å²) in [7, 11) is 1.71. The molecule has 0 heterocycles. The summed E-state index contributed by atoms with van der Waals surface area (Å²) in [5, 5.41) is 5.55. The minimum atomic E-state index is -0.271. The number of likely N-dealkylation sites (N-methyl/N-ethyl adjacent to an activating group) is 1. The third-order valence-electron chi connectivity index (χ3n) is 2.08. The normalized spacial score (nSPS) is 12.2. The molecule has 82 valence electrons. The summed E-state index contributed by atoms with van der Waals surface area (Å²) in [4.78, 5) is 11.2. The third kappa shape index (κ3) is 3.67. The Kier molecular flexibility index (Phi) is 4.24. The molecule has 2 N–H and O–H groups in total. The molecule has 1 aromatic carbocycles. The summed E-state index contributed by atoms with van der Waals surface area (Å²) in [6.45, 7) is 2.15. The summed E-state index contributed by atoms with van der Waals surface area (Å²) >= 11 is 0. The first-order valence-corrected chi connectivity index (χ1v) is 4.83. The maximum Gasteiger partial charge on any atom is 0.234 e. The van der Waals surface area contributed by atoms with Crippen LogP contribution in [0.15, 0.2) is 24.3 Å². The van der Waals surface area contributed by atoms with Crippen molar-refractivity contribution < 1.29 is 9.18 Å². The highest BCUT2D eigenvalue weighted by atomic mass is 19.1. The van der Waals surface area contributed by atoms with Gasteiger partial charge >= 0.3 is 0 Å². The van der Waals surface area contributed by atoms with E-state index < -0.39 is 0 Å². The van der Waals surface area contributed by atoms with Crippen LogP contribution >= 0.6 is 0 Å². The summed E-state index contributed by atoms with van der Waals surface area (Å²) in [5.41, 5.74) is 0.890. The Morgan fingerprint density at radius 1 is 1.40 bits per heavy atom. The van der Waals surface area contributed by atoms with E-state index in [0.29, 0.717) is 0 Å². The fraction of sp³-hybridized carbons (Fsp3) is 0.364. The van der Waals surface area contributed by atoms with Crippen LogP contribution < -0.4 is 10.6 Å². The summed E-state index contributed by atoms with van der Waals surface area (Å²) in [6, 6.07) is 6.00. The van der Waals surface area contributed by atoms with Gasteiger partial charge in [0.1, 0.15) is 5.82 Å². The van der Waals surface area contributed by atoms with E-state index in [9.17, 15) is 9.18 Å². The van der Waals surface area contributed by atoms with Crippen molar-refractivity contribution in [3.8, 4) is 0 Å². The van der Waals surface area contributed by atoms with Gasteiger partial charge in [0.15, 0.2) is 0 Å². The molecule has 3 nitrogen and oxygen atoms in total. The summed E-state index contributed by atoms with van der Waals surface area (Å²) < 4.78 is 12.6. The van der Waals surface area contributed by atoms with E-state index in [4.69, 9.17) is 0 Å². The Balaban J connectivity index is 2.57. The van der Waals surface area contributed by atoms with Gasteiger partial charge in [-0.15, -0.1) is 0 Å². The lowest BCUT2D eigenvalue weighted by Gasteiger charge is -2.13. The van der Waals surface area contributed by atoms with Crippen LogP contribution in [-0.4, -0.2) is 19.5 Å². The van der Waals surface area contributed by atoms with Gasteiger partial charge in [-0.1, -0.05) is 12.1 Å². The maximum absolute atomic E-state index is 12.6. The molecule has 0 spiro atoms. The quantitative estimate of drug-likeness (QED) is 0.784. The van der Waals surface area contributed by atoms with E-state index in [1.165, 1.54) is 12.1 Å². The van der Waals surface area contributed by atoms with Gasteiger partial charge < -0.3 is 10.6 Å². The second-order valence-electron chi connectivity index (χ2n) is 3.37. The van der Waals surface area contributed by atoms with Crippen molar-refractivity contribution in [1.29, 1.82) is 0 Å². The van der Waals surface area contributed by atoms with Crippen LogP contribution in [0.2, 0.25) is 0 Å². The van der Waals surface area contributed by atoms with E-state index >= 15 is 0 Å². The molecule has 0 aliphatic rings. The van der Waals surface area contributed by atoms with Crippen molar-refractivity contribution in [2.75, 3.05) is 13.6 Å². The third-order valence-corrected chi connectivity index (χ3v) is 2.08. The van der Waals surface area contributed by atoms with Crippen molar-refractivity contribution in [1.82, 2.24) is 10.6 Å². The second-order valence-corrected chi connectivity index (χ2v) is 3.37. The Morgan fingerprint density at radius 2 is 2.00 bits per heavy atom. The number of nitrogens with one attached hydrogen (secondary N) is 2. The number of hydrogen-bond acceptors (Lipinski definition) is 2. The minimum Gasteiger partial charge on any atom is -0.348 e. The molecule has 0 aliphatic heterocycles. The molecule has 1 atom stereocenters. The van der Waals surface area contributed by atoms with E-state index in [2.05, 4.69) is 10.6 Å². The van der Waals surface area contributed by atoms with Gasteiger partial charge in [0, 0.05) is 0 Å². The molecule has 15 heavy (non-hydrogen) atoms. The van der Waals surface area contributed by atoms with Crippen molar-refractivity contribution in [2.24, 2.45) is 0 Å². The molecule has 0 aromatic heterocycles. The minimum absolute atomic E-state index is 0.0747. The van der Waals surface area contributed by atoms with Gasteiger partial charge in [-0.3, -0.25) is 4.79 Å². The number of hydrogen-bond donors (Lipinski definition) is 2. The zero-order valence-electron chi connectivity index (χ0n) is 8.88. The fourth-order valence-electron chi connectivity index (χ4n) is 1.29. The van der Waals surface area contributed by atoms with E-state index in [-0.39, 0.29) is 24.3 Å². The Bertz CT molecular complexity index is 324. The fourth-order valence-corrected chi connectivity index (χ4v) is 1.29. The van der Waals surface area contributed by atoms with E-state index in [1.54, 1.807) is 19.2 Å². The average Bonchev–Trinajstić information content (AvgIpc) is 2.18. The molecule has 1 rings (SSSR count). The first-order valence-electron chi connectivity index (χ1n) is 4.83. The number of carbonyl (C=O) groups is 1. The molecule has 4 heteroatoms. The monoisotopic (exact) mass is 210 g/mol. The number of rotatable bonds is 4. The SMILES string of the molecule is CNCC(=O)N[C@H](C)c1ccc(F)cc1. The zero-order chi connectivity index (χ0) is 11.3. The molecule has 1 amide bonds. The molecule has 0 fully saturated rings. The van der Waals surface area contributed by atoms with Crippen LogP contribution in [0.25, 0.3) is 0 Å². The molecule has 1 aromatic rings. The number of benzene rings is 1. The predicted molar refractivity (Wildman–Crippen MR) is 56.9 cm³/mol. The molecule has 0 aliphatic carbocycles. The summed E-state index contributed by atoms with van der Waals surface area (Å²) in [6.07, 6.45) is 0. The molecule has 0 saturated heterocycles. The topological polar surface area (TPSA) is 41.1 Å². The van der Waals surface area contributed by atoms with E-state index in [1.807, 2.05) is 6.92 Å². The van der Waals surface area contributed by atoms with Gasteiger partial charge in [-0.2, -0.15) is 0 Å². The number of amides is 1. The molecule has 0 bridgehead atoms. The molecule has 0 unspecified atom stereocenters. The highest BCUT2D eigenvalue weighted by Gasteiger charge is 2.08. The number of halogens is 1. The first kappa shape index (κ1) is 11.7. The number of carbonyl (C=O) groups excluding carboxylic acids is 1. The van der Waals surface area contributed by atoms with Crippen molar-refractivity contribution in [2.45, 2.75) is 13.0 Å². The van der Waals surface area contributed by atoms with Crippen LogP contribution in [0.1, 0.15) is 18.5 Å². The van der Waals surface area contributed by atoms with Crippen LogP contribution in [0.5, 0.6) is 0 Å². The van der Waals surface area contributed by atoms with Crippen molar-refractivity contribution >= 4 is 5.91 Å². The highest BCUT2D eigenvalue weighted by molar-refractivity contribution is 5.78. The molecular weight excluding hydrogens is 195 g/mol. The van der Waals surface area contributed by atoms with Crippen LogP contribution in [-0.2, 0) is 4.79 Å². The lowest BCUT2D eigenvalue weighted by atomic mass is 10.1. The Hall–Kier alpha value is -1.42. The lowest BCUT2D eigenvalue weighted by molar-refractivity contribution is -0.120. The van der Waals surface area contributed by atoms with E-state index in [0.717, 1.165) is 5.56 Å². The van der Waals surface area contributed by atoms with Gasteiger partial charge in [0.2, 0.25) is 5.91 Å². The maximum atomic E-state index is 12.6. The molecule has 0 saturated carbocycles. The second kappa shape index (κ2) is 5.46. The van der Waals surface area contributed by atoms with Crippen LogP contribution in [0, 0.1) is 5.82 Å². The Morgan fingerprint density at radius 3 is 2.53 bits per heavy atom. The van der Waals surface area contributed by atoms with Crippen molar-refractivity contribution in [3.63, 3.8) is 0 Å². The standard InChI is InChI=1S/C11H15FN2O/c1-8(14-11(15)7-13-2)9-3-5-10(12)6-4-9/h3-6,8,13H,7H2,1-2H3,(H,14,15)/t8-/m1/s1. The smallest absolute Gasteiger partial charge is 0.234 e. The predicted octanol–water partition coefficient (Wildman–Crippen LogP) is 1.22. The van der Waals surface area contributed by atoms with Gasteiger partial charge in [0.05, 0.1) is 12.6 Å². The first-order chi connectivity index (χ1) is 7.13. The lowest BCUT2D eigenvalue weighted by Crippen LogP contribution is -2.33. The molecule has 0 radical (unpaired) electrons.